The third-order valence-electron chi connectivity index (χ3n) is 5.56. The van der Waals surface area contributed by atoms with Crippen molar-refractivity contribution < 1.29 is 30.8 Å². The standard InChI is InChI=1S/C22H24N4O7S2/c1-32-16-9-11-18(12-10-16)35(30,31)26-14-5-8-19(26)21(27)23-22-25-24-20(33-22)13-15-34(28,29)17-6-3-2-4-7-17/h2-4,6-7,9-12,19H,5,8,13-15H2,1H3,(H,23,25,27). The molecule has 0 radical (unpaired) electrons. The SMILES string of the molecule is COc1ccc(S(=O)(=O)N2CCCC2C(=O)Nc2nnc(CCS(=O)(=O)c3ccccc3)o2)cc1. The molecule has 2 aromatic carbocycles. The van der Waals surface area contributed by atoms with Gasteiger partial charge in [0.2, 0.25) is 21.8 Å². The van der Waals surface area contributed by atoms with E-state index in [0.29, 0.717) is 18.6 Å². The minimum atomic E-state index is -3.91. The monoisotopic (exact) mass is 520 g/mol. The Labute approximate surface area is 203 Å². The number of methoxy groups -OCH3 is 1. The van der Waals surface area contributed by atoms with Gasteiger partial charge in [-0.1, -0.05) is 23.3 Å². The zero-order chi connectivity index (χ0) is 25.1. The molecule has 4 rings (SSSR count). The highest BCUT2D eigenvalue weighted by Gasteiger charge is 2.40. The van der Waals surface area contributed by atoms with Gasteiger partial charge in [-0.15, -0.1) is 5.10 Å². The van der Waals surface area contributed by atoms with E-state index < -0.39 is 31.8 Å². The minimum absolute atomic E-state index is 0.0361. The van der Waals surface area contributed by atoms with Gasteiger partial charge in [-0.25, -0.2) is 16.8 Å². The molecule has 0 spiro atoms. The van der Waals surface area contributed by atoms with Crippen molar-refractivity contribution in [2.75, 3.05) is 24.7 Å². The van der Waals surface area contributed by atoms with E-state index in [9.17, 15) is 21.6 Å². The maximum absolute atomic E-state index is 13.1. The number of rotatable bonds is 9. The summed E-state index contributed by atoms with van der Waals surface area (Å²) >= 11 is 0. The molecule has 2 heterocycles. The van der Waals surface area contributed by atoms with Crippen molar-refractivity contribution in [1.82, 2.24) is 14.5 Å². The third-order valence-corrected chi connectivity index (χ3v) is 9.21. The number of amides is 1. The summed E-state index contributed by atoms with van der Waals surface area (Å²) < 4.78 is 62.6. The molecule has 0 aliphatic carbocycles. The first-order valence-corrected chi connectivity index (χ1v) is 13.9. The number of hydrogen-bond acceptors (Lipinski definition) is 9. The van der Waals surface area contributed by atoms with Crippen LogP contribution in [0.4, 0.5) is 6.01 Å². The highest BCUT2D eigenvalue weighted by atomic mass is 32.2. The van der Waals surface area contributed by atoms with Crippen molar-refractivity contribution in [3.05, 3.63) is 60.5 Å². The molecule has 1 amide bonds. The molecule has 0 saturated carbocycles. The largest absolute Gasteiger partial charge is 0.497 e. The van der Waals surface area contributed by atoms with Crippen molar-refractivity contribution in [1.29, 1.82) is 0 Å². The Bertz CT molecular complexity index is 1390. The van der Waals surface area contributed by atoms with Crippen LogP contribution in [0.25, 0.3) is 0 Å². The Morgan fingerprint density at radius 1 is 1.06 bits per heavy atom. The van der Waals surface area contributed by atoms with Gasteiger partial charge in [0.1, 0.15) is 11.8 Å². The van der Waals surface area contributed by atoms with Gasteiger partial charge in [0.15, 0.2) is 9.84 Å². The van der Waals surface area contributed by atoms with Crippen LogP contribution in [-0.4, -0.2) is 62.7 Å². The van der Waals surface area contributed by atoms with Crippen LogP contribution in [0.1, 0.15) is 18.7 Å². The van der Waals surface area contributed by atoms with Gasteiger partial charge < -0.3 is 9.15 Å². The zero-order valence-corrected chi connectivity index (χ0v) is 20.5. The number of aromatic nitrogens is 2. The minimum Gasteiger partial charge on any atom is -0.497 e. The number of sulfonamides is 1. The van der Waals surface area contributed by atoms with Crippen LogP contribution in [0.3, 0.4) is 0 Å². The summed E-state index contributed by atoms with van der Waals surface area (Å²) in [6.07, 6.45) is 0.804. The summed E-state index contributed by atoms with van der Waals surface area (Å²) in [5.74, 6) is -0.299. The Morgan fingerprint density at radius 3 is 2.46 bits per heavy atom. The topological polar surface area (TPSA) is 149 Å². The number of carbonyl (C=O) groups excluding carboxylic acids is 1. The summed E-state index contributed by atoms with van der Waals surface area (Å²) in [5, 5.41) is 9.98. The van der Waals surface area contributed by atoms with Crippen LogP contribution in [0.2, 0.25) is 0 Å². The van der Waals surface area contributed by atoms with Crippen LogP contribution >= 0.6 is 0 Å². The molecule has 1 unspecified atom stereocenters. The molecule has 13 heteroatoms. The first-order chi connectivity index (χ1) is 16.7. The normalized spacial score (nSPS) is 16.8. The van der Waals surface area contributed by atoms with Crippen molar-refractivity contribution in [2.45, 2.75) is 35.1 Å². The average Bonchev–Trinajstić information content (AvgIpc) is 3.54. The first-order valence-electron chi connectivity index (χ1n) is 10.8. The number of nitrogens with zero attached hydrogens (tertiary/aromatic N) is 3. The molecule has 1 saturated heterocycles. The van der Waals surface area contributed by atoms with E-state index >= 15 is 0 Å². The number of sulfone groups is 1. The second-order valence-electron chi connectivity index (χ2n) is 7.82. The summed E-state index contributed by atoms with van der Waals surface area (Å²) in [5.41, 5.74) is 0. The van der Waals surface area contributed by atoms with E-state index in [1.54, 1.807) is 18.2 Å². The molecule has 1 atom stereocenters. The number of anilines is 1. The number of nitrogens with one attached hydrogen (secondary N) is 1. The fraction of sp³-hybridized carbons (Fsp3) is 0.318. The molecular weight excluding hydrogens is 496 g/mol. The van der Waals surface area contributed by atoms with Gasteiger partial charge >= 0.3 is 6.01 Å². The second kappa shape index (κ2) is 10.1. The van der Waals surface area contributed by atoms with Gasteiger partial charge in [-0.3, -0.25) is 10.1 Å². The number of benzene rings is 2. The Morgan fingerprint density at radius 2 is 1.77 bits per heavy atom. The Hall–Kier alpha value is -3.29. The average molecular weight is 521 g/mol. The molecule has 0 bridgehead atoms. The van der Waals surface area contributed by atoms with Gasteiger partial charge in [-0.05, 0) is 49.2 Å². The van der Waals surface area contributed by atoms with Crippen LogP contribution in [0.5, 0.6) is 5.75 Å². The molecule has 11 nitrogen and oxygen atoms in total. The predicted octanol–water partition coefficient (Wildman–Crippen LogP) is 1.89. The van der Waals surface area contributed by atoms with Crippen molar-refractivity contribution in [3.63, 3.8) is 0 Å². The lowest BCUT2D eigenvalue weighted by molar-refractivity contribution is -0.119. The Balaban J connectivity index is 1.40. The molecule has 1 aliphatic heterocycles. The molecule has 35 heavy (non-hydrogen) atoms. The lowest BCUT2D eigenvalue weighted by atomic mass is 10.2. The quantitative estimate of drug-likeness (QED) is 0.446. The summed E-state index contributed by atoms with van der Waals surface area (Å²) in [7, 11) is -5.97. The Kier molecular flexibility index (Phi) is 7.19. The predicted molar refractivity (Wildman–Crippen MR) is 125 cm³/mol. The number of hydrogen-bond donors (Lipinski definition) is 1. The van der Waals surface area contributed by atoms with Gasteiger partial charge in [0.05, 0.1) is 22.7 Å². The summed E-state index contributed by atoms with van der Waals surface area (Å²) in [4.78, 5) is 13.1. The lowest BCUT2D eigenvalue weighted by Crippen LogP contribution is -2.43. The van der Waals surface area contributed by atoms with E-state index in [-0.39, 0.29) is 40.4 Å². The second-order valence-corrected chi connectivity index (χ2v) is 11.8. The highest BCUT2D eigenvalue weighted by molar-refractivity contribution is 7.91. The third kappa shape index (κ3) is 5.52. The molecule has 3 aromatic rings. The fourth-order valence-corrected chi connectivity index (χ4v) is 6.64. The smallest absolute Gasteiger partial charge is 0.322 e. The molecule has 186 valence electrons. The molecule has 1 N–H and O–H groups in total. The zero-order valence-electron chi connectivity index (χ0n) is 18.8. The molecular formula is C22H24N4O7S2. The number of carbonyl (C=O) groups is 1. The molecule has 1 aromatic heterocycles. The van der Waals surface area contributed by atoms with Crippen molar-refractivity contribution in [3.8, 4) is 5.75 Å². The highest BCUT2D eigenvalue weighted by Crippen LogP contribution is 2.28. The maximum Gasteiger partial charge on any atom is 0.322 e. The molecule has 1 fully saturated rings. The van der Waals surface area contributed by atoms with Crippen LogP contribution in [0.15, 0.2) is 68.8 Å². The van der Waals surface area contributed by atoms with Crippen LogP contribution < -0.4 is 10.1 Å². The number of ether oxygens (including phenoxy) is 1. The summed E-state index contributed by atoms with van der Waals surface area (Å²) in [6.45, 7) is 0.193. The maximum atomic E-state index is 13.1. The van der Waals surface area contributed by atoms with Crippen LogP contribution in [-0.2, 0) is 31.1 Å². The number of aryl methyl sites for hydroxylation is 1. The summed E-state index contributed by atoms with van der Waals surface area (Å²) in [6, 6.07) is 12.7. The van der Waals surface area contributed by atoms with Crippen molar-refractivity contribution >= 4 is 31.8 Å². The van der Waals surface area contributed by atoms with E-state index in [1.165, 1.54) is 43.5 Å². The van der Waals surface area contributed by atoms with Gasteiger partial charge in [0.25, 0.3) is 0 Å². The van der Waals surface area contributed by atoms with Gasteiger partial charge in [-0.2, -0.15) is 4.31 Å². The first kappa shape index (κ1) is 24.8. The van der Waals surface area contributed by atoms with Crippen LogP contribution in [0, 0.1) is 0 Å². The van der Waals surface area contributed by atoms with Crippen molar-refractivity contribution in [2.24, 2.45) is 0 Å². The van der Waals surface area contributed by atoms with E-state index in [0.717, 1.165) is 4.31 Å². The van der Waals surface area contributed by atoms with E-state index in [2.05, 4.69) is 15.5 Å². The van der Waals surface area contributed by atoms with E-state index in [4.69, 9.17) is 9.15 Å². The fourth-order valence-electron chi connectivity index (χ4n) is 3.73. The molecule has 1 aliphatic rings. The van der Waals surface area contributed by atoms with E-state index in [1.807, 2.05) is 0 Å². The lowest BCUT2D eigenvalue weighted by Gasteiger charge is -2.22. The van der Waals surface area contributed by atoms with Gasteiger partial charge in [0, 0.05) is 13.0 Å².